The molecule has 0 aliphatic carbocycles. The normalized spacial score (nSPS) is 10.2. The van der Waals surface area contributed by atoms with Gasteiger partial charge >= 0.3 is 0 Å². The van der Waals surface area contributed by atoms with E-state index in [0.29, 0.717) is 12.2 Å². The Labute approximate surface area is 153 Å². The molecule has 0 atom stereocenters. The van der Waals surface area contributed by atoms with Crippen LogP contribution in [0.1, 0.15) is 16.7 Å². The molecule has 0 amide bonds. The zero-order valence-corrected chi connectivity index (χ0v) is 14.8. The van der Waals surface area contributed by atoms with Crippen molar-refractivity contribution in [2.75, 3.05) is 0 Å². The highest BCUT2D eigenvalue weighted by atomic mass is 79.9. The second kappa shape index (κ2) is 7.77. The molecule has 124 valence electrons. The van der Waals surface area contributed by atoms with Crippen molar-refractivity contribution in [2.45, 2.75) is 13.2 Å². The maximum Gasteiger partial charge on any atom is 0.271 e. The molecule has 0 fully saturated rings. The molecule has 2 aromatic carbocycles. The summed E-state index contributed by atoms with van der Waals surface area (Å²) >= 11 is 3.27. The average molecular weight is 396 g/mol. The van der Waals surface area contributed by atoms with E-state index in [2.05, 4.69) is 27.0 Å². The highest BCUT2D eigenvalue weighted by molar-refractivity contribution is 9.10. The molecule has 25 heavy (non-hydrogen) atoms. The van der Waals surface area contributed by atoms with Gasteiger partial charge in [0.2, 0.25) is 5.88 Å². The lowest BCUT2D eigenvalue weighted by Crippen LogP contribution is -2.23. The van der Waals surface area contributed by atoms with Crippen molar-refractivity contribution >= 4 is 15.9 Å². The second-order valence-corrected chi connectivity index (χ2v) is 6.13. The Bertz CT molecular complexity index is 978. The van der Waals surface area contributed by atoms with Crippen LogP contribution in [0.3, 0.4) is 0 Å². The van der Waals surface area contributed by atoms with E-state index in [0.717, 1.165) is 11.1 Å². The Morgan fingerprint density at radius 2 is 1.84 bits per heavy atom. The van der Waals surface area contributed by atoms with Gasteiger partial charge in [0.25, 0.3) is 5.56 Å². The Morgan fingerprint density at radius 1 is 1.12 bits per heavy atom. The fourth-order valence-corrected chi connectivity index (χ4v) is 2.78. The molecule has 0 aliphatic rings. The third-order valence-corrected chi connectivity index (χ3v) is 4.33. The van der Waals surface area contributed by atoms with Crippen LogP contribution in [0, 0.1) is 11.3 Å². The summed E-state index contributed by atoms with van der Waals surface area (Å²) in [7, 11) is 0. The van der Waals surface area contributed by atoms with Gasteiger partial charge in [0.1, 0.15) is 17.4 Å². The van der Waals surface area contributed by atoms with Crippen molar-refractivity contribution in [1.29, 1.82) is 5.26 Å². The van der Waals surface area contributed by atoms with E-state index >= 15 is 0 Å². The Hall–Kier alpha value is -2.91. The lowest BCUT2D eigenvalue weighted by atomic mass is 10.1. The third kappa shape index (κ3) is 3.95. The first-order chi connectivity index (χ1) is 12.2. The van der Waals surface area contributed by atoms with Crippen molar-refractivity contribution in [2.24, 2.45) is 0 Å². The van der Waals surface area contributed by atoms with Crippen LogP contribution in [0.25, 0.3) is 0 Å². The molecular formula is C19H14BrN3O2. The van der Waals surface area contributed by atoms with Crippen molar-refractivity contribution in [1.82, 2.24) is 9.55 Å². The standard InChI is InChI=1S/C19H14BrN3O2/c20-17-18(25-12-14-6-2-1-3-7-14)22-13-23(19(17)24)11-16-9-5-4-8-15(16)10-21/h1-9,13H,11-12H2. The van der Waals surface area contributed by atoms with Gasteiger partial charge in [0, 0.05) is 0 Å². The van der Waals surface area contributed by atoms with Crippen molar-refractivity contribution in [3.8, 4) is 11.9 Å². The molecule has 0 unspecified atom stereocenters. The minimum Gasteiger partial charge on any atom is -0.472 e. The molecule has 3 rings (SSSR count). The number of hydrogen-bond acceptors (Lipinski definition) is 4. The summed E-state index contributed by atoms with van der Waals surface area (Å²) in [5, 5.41) is 9.16. The average Bonchev–Trinajstić information content (AvgIpc) is 2.66. The summed E-state index contributed by atoms with van der Waals surface area (Å²) in [6.45, 7) is 0.598. The van der Waals surface area contributed by atoms with Gasteiger partial charge in [-0.15, -0.1) is 0 Å². The molecule has 0 bridgehead atoms. The van der Waals surface area contributed by atoms with Crippen molar-refractivity contribution in [3.63, 3.8) is 0 Å². The summed E-state index contributed by atoms with van der Waals surface area (Å²) in [5.41, 5.74) is 2.03. The van der Waals surface area contributed by atoms with Crippen LogP contribution in [0.15, 0.2) is 70.2 Å². The maximum absolute atomic E-state index is 12.5. The summed E-state index contributed by atoms with van der Waals surface area (Å²) in [6.07, 6.45) is 1.43. The van der Waals surface area contributed by atoms with Gasteiger partial charge < -0.3 is 4.74 Å². The quantitative estimate of drug-likeness (QED) is 0.662. The molecule has 6 heteroatoms. The number of hydrogen-bond donors (Lipinski definition) is 0. The molecule has 0 aliphatic heterocycles. The predicted octanol–water partition coefficient (Wildman–Crippen LogP) is 3.50. The molecule has 1 aromatic heterocycles. The van der Waals surface area contributed by atoms with Gasteiger partial charge in [-0.25, -0.2) is 4.98 Å². The molecule has 0 N–H and O–H groups in total. The Balaban J connectivity index is 1.81. The monoisotopic (exact) mass is 395 g/mol. The maximum atomic E-state index is 12.5. The smallest absolute Gasteiger partial charge is 0.271 e. The van der Waals surface area contributed by atoms with Crippen LogP contribution in [-0.4, -0.2) is 9.55 Å². The van der Waals surface area contributed by atoms with Crippen molar-refractivity contribution in [3.05, 3.63) is 92.4 Å². The number of aromatic nitrogens is 2. The van der Waals surface area contributed by atoms with Crippen LogP contribution < -0.4 is 10.3 Å². The van der Waals surface area contributed by atoms with Gasteiger partial charge in [-0.05, 0) is 33.1 Å². The first-order valence-corrected chi connectivity index (χ1v) is 8.38. The molecule has 0 radical (unpaired) electrons. The second-order valence-electron chi connectivity index (χ2n) is 5.34. The zero-order valence-electron chi connectivity index (χ0n) is 13.2. The van der Waals surface area contributed by atoms with Gasteiger partial charge in [0.15, 0.2) is 0 Å². The fourth-order valence-electron chi connectivity index (χ4n) is 2.34. The summed E-state index contributed by atoms with van der Waals surface area (Å²) in [5.74, 6) is 0.249. The van der Waals surface area contributed by atoms with E-state index in [1.54, 1.807) is 12.1 Å². The minimum absolute atomic E-state index is 0.249. The number of ether oxygens (including phenoxy) is 1. The molecule has 0 saturated heterocycles. The largest absolute Gasteiger partial charge is 0.472 e. The lowest BCUT2D eigenvalue weighted by Gasteiger charge is -2.11. The minimum atomic E-state index is -0.259. The molecule has 0 saturated carbocycles. The van der Waals surface area contributed by atoms with Crippen LogP contribution in [-0.2, 0) is 13.2 Å². The zero-order chi connectivity index (χ0) is 17.6. The van der Waals surface area contributed by atoms with Gasteiger partial charge in [-0.3, -0.25) is 9.36 Å². The number of nitrogens with zero attached hydrogens (tertiary/aromatic N) is 3. The number of rotatable bonds is 5. The molecule has 3 aromatic rings. The topological polar surface area (TPSA) is 67.9 Å². The Kier molecular flexibility index (Phi) is 5.26. The number of halogens is 1. The SMILES string of the molecule is N#Cc1ccccc1Cn1cnc(OCc2ccccc2)c(Br)c1=O. The van der Waals surface area contributed by atoms with E-state index < -0.39 is 0 Å². The van der Waals surface area contributed by atoms with E-state index in [1.165, 1.54) is 10.9 Å². The molecule has 1 heterocycles. The van der Waals surface area contributed by atoms with Crippen molar-refractivity contribution < 1.29 is 4.74 Å². The first-order valence-electron chi connectivity index (χ1n) is 7.58. The van der Waals surface area contributed by atoms with E-state index in [1.807, 2.05) is 42.5 Å². The number of nitriles is 1. The number of benzene rings is 2. The predicted molar refractivity (Wildman–Crippen MR) is 97.2 cm³/mol. The van der Waals surface area contributed by atoms with Crippen LogP contribution in [0.5, 0.6) is 5.88 Å². The molecular weight excluding hydrogens is 382 g/mol. The highest BCUT2D eigenvalue weighted by Gasteiger charge is 2.12. The Morgan fingerprint density at radius 3 is 2.60 bits per heavy atom. The van der Waals surface area contributed by atoms with Crippen LogP contribution >= 0.6 is 15.9 Å². The summed E-state index contributed by atoms with van der Waals surface area (Å²) in [6, 6.07) is 18.9. The van der Waals surface area contributed by atoms with Gasteiger partial charge in [0.05, 0.1) is 18.2 Å². The fraction of sp³-hybridized carbons (Fsp3) is 0.105. The first kappa shape index (κ1) is 16.9. The summed E-state index contributed by atoms with van der Waals surface area (Å²) in [4.78, 5) is 16.7. The van der Waals surface area contributed by atoms with Gasteiger partial charge in [-0.2, -0.15) is 5.26 Å². The van der Waals surface area contributed by atoms with E-state index in [4.69, 9.17) is 10.00 Å². The summed E-state index contributed by atoms with van der Waals surface area (Å²) < 4.78 is 7.33. The lowest BCUT2D eigenvalue weighted by molar-refractivity contribution is 0.289. The molecule has 0 spiro atoms. The van der Waals surface area contributed by atoms with E-state index in [9.17, 15) is 4.79 Å². The van der Waals surface area contributed by atoms with E-state index in [-0.39, 0.29) is 22.5 Å². The third-order valence-electron chi connectivity index (χ3n) is 3.65. The molecule has 5 nitrogen and oxygen atoms in total. The van der Waals surface area contributed by atoms with Crippen LogP contribution in [0.2, 0.25) is 0 Å². The van der Waals surface area contributed by atoms with Gasteiger partial charge in [-0.1, -0.05) is 48.5 Å². The highest BCUT2D eigenvalue weighted by Crippen LogP contribution is 2.19. The van der Waals surface area contributed by atoms with Crippen LogP contribution in [0.4, 0.5) is 0 Å².